The molecule has 3 heteroatoms. The molecular formula is C14H25NO2. The Balaban J connectivity index is 1.68. The van der Waals surface area contributed by atoms with Gasteiger partial charge in [0.25, 0.3) is 0 Å². The first-order valence-electron chi connectivity index (χ1n) is 6.84. The second-order valence-electron chi connectivity index (χ2n) is 6.57. The van der Waals surface area contributed by atoms with Crippen molar-refractivity contribution in [2.45, 2.75) is 40.0 Å². The minimum Gasteiger partial charge on any atom is -0.381 e. The van der Waals surface area contributed by atoms with E-state index in [1.807, 2.05) is 20.8 Å². The van der Waals surface area contributed by atoms with Gasteiger partial charge in [-0.1, -0.05) is 20.8 Å². The summed E-state index contributed by atoms with van der Waals surface area (Å²) in [5.41, 5.74) is -0.261. The number of amides is 1. The van der Waals surface area contributed by atoms with Gasteiger partial charge in [-0.3, -0.25) is 4.79 Å². The summed E-state index contributed by atoms with van der Waals surface area (Å²) in [7, 11) is 0. The zero-order valence-electron chi connectivity index (χ0n) is 11.3. The first-order valence-corrected chi connectivity index (χ1v) is 6.84. The topological polar surface area (TPSA) is 38.3 Å². The normalized spacial score (nSPS) is 30.1. The van der Waals surface area contributed by atoms with Crippen LogP contribution in [-0.2, 0) is 9.53 Å². The fourth-order valence-electron chi connectivity index (χ4n) is 2.72. The maximum atomic E-state index is 11.7. The molecule has 1 heterocycles. The van der Waals surface area contributed by atoms with Gasteiger partial charge in [0.2, 0.25) is 5.91 Å². The van der Waals surface area contributed by atoms with E-state index in [9.17, 15) is 4.79 Å². The van der Waals surface area contributed by atoms with Crippen LogP contribution in [0.4, 0.5) is 0 Å². The van der Waals surface area contributed by atoms with Crippen LogP contribution in [0.2, 0.25) is 0 Å². The number of hydrogen-bond acceptors (Lipinski definition) is 2. The van der Waals surface area contributed by atoms with Gasteiger partial charge in [-0.2, -0.15) is 0 Å². The molecule has 0 radical (unpaired) electrons. The zero-order chi connectivity index (χ0) is 12.5. The van der Waals surface area contributed by atoms with Crippen LogP contribution in [0.3, 0.4) is 0 Å². The minimum atomic E-state index is -0.261. The predicted octanol–water partition coefficient (Wildman–Crippen LogP) is 2.21. The highest BCUT2D eigenvalue weighted by atomic mass is 16.5. The van der Waals surface area contributed by atoms with E-state index in [0.717, 1.165) is 37.5 Å². The number of carbonyl (C=O) groups is 1. The molecule has 17 heavy (non-hydrogen) atoms. The number of ether oxygens (including phenoxy) is 1. The van der Waals surface area contributed by atoms with Gasteiger partial charge in [0.05, 0.1) is 0 Å². The lowest BCUT2D eigenvalue weighted by molar-refractivity contribution is -0.128. The minimum absolute atomic E-state index is 0.176. The van der Waals surface area contributed by atoms with Crippen LogP contribution in [0.15, 0.2) is 0 Å². The van der Waals surface area contributed by atoms with E-state index in [-0.39, 0.29) is 11.3 Å². The smallest absolute Gasteiger partial charge is 0.225 e. The highest BCUT2D eigenvalue weighted by Crippen LogP contribution is 2.47. The van der Waals surface area contributed by atoms with Gasteiger partial charge in [-0.25, -0.2) is 0 Å². The van der Waals surface area contributed by atoms with Crippen LogP contribution < -0.4 is 5.32 Å². The van der Waals surface area contributed by atoms with E-state index in [2.05, 4.69) is 5.32 Å². The molecule has 2 fully saturated rings. The number of rotatable bonds is 3. The third-order valence-electron chi connectivity index (χ3n) is 4.05. The van der Waals surface area contributed by atoms with E-state index in [1.165, 1.54) is 19.3 Å². The Bertz CT molecular complexity index is 276. The standard InChI is InChI=1S/C14H25NO2/c1-14(2,3)13(16)15-9-11-8-12(11)10-4-6-17-7-5-10/h10-12H,4-9H2,1-3H3,(H,15,16)/t11-,12-/m0/s1. The van der Waals surface area contributed by atoms with Crippen molar-refractivity contribution in [2.24, 2.45) is 23.2 Å². The molecular weight excluding hydrogens is 214 g/mol. The first-order chi connectivity index (χ1) is 7.98. The Morgan fingerprint density at radius 2 is 1.94 bits per heavy atom. The van der Waals surface area contributed by atoms with E-state index in [4.69, 9.17) is 4.74 Å². The van der Waals surface area contributed by atoms with Gasteiger partial charge < -0.3 is 10.1 Å². The molecule has 2 atom stereocenters. The summed E-state index contributed by atoms with van der Waals surface area (Å²) in [6.07, 6.45) is 3.73. The maximum Gasteiger partial charge on any atom is 0.225 e. The van der Waals surface area contributed by atoms with Gasteiger partial charge in [-0.05, 0) is 37.0 Å². The second kappa shape index (κ2) is 4.97. The molecule has 1 aliphatic heterocycles. The molecule has 0 unspecified atom stereocenters. The van der Waals surface area contributed by atoms with Crippen LogP contribution in [0, 0.1) is 23.2 Å². The fourth-order valence-corrected chi connectivity index (χ4v) is 2.72. The fraction of sp³-hybridized carbons (Fsp3) is 0.929. The quantitative estimate of drug-likeness (QED) is 0.820. The first kappa shape index (κ1) is 12.9. The predicted molar refractivity (Wildman–Crippen MR) is 67.6 cm³/mol. The third kappa shape index (κ3) is 3.44. The van der Waals surface area contributed by atoms with Gasteiger partial charge in [0.1, 0.15) is 0 Å². The Hall–Kier alpha value is -0.570. The van der Waals surface area contributed by atoms with Crippen molar-refractivity contribution < 1.29 is 9.53 Å². The highest BCUT2D eigenvalue weighted by Gasteiger charge is 2.43. The Morgan fingerprint density at radius 1 is 1.29 bits per heavy atom. The van der Waals surface area contributed by atoms with E-state index >= 15 is 0 Å². The van der Waals surface area contributed by atoms with Crippen LogP contribution in [0.5, 0.6) is 0 Å². The molecule has 1 aliphatic carbocycles. The lowest BCUT2D eigenvalue weighted by Gasteiger charge is -2.22. The summed E-state index contributed by atoms with van der Waals surface area (Å²) < 4.78 is 5.39. The summed E-state index contributed by atoms with van der Waals surface area (Å²) in [6.45, 7) is 8.63. The molecule has 1 saturated carbocycles. The second-order valence-corrected chi connectivity index (χ2v) is 6.57. The van der Waals surface area contributed by atoms with Crippen molar-refractivity contribution >= 4 is 5.91 Å². The van der Waals surface area contributed by atoms with Crippen molar-refractivity contribution in [1.82, 2.24) is 5.32 Å². The summed E-state index contributed by atoms with van der Waals surface area (Å²) >= 11 is 0. The Labute approximate surface area is 104 Å². The molecule has 1 N–H and O–H groups in total. The van der Waals surface area contributed by atoms with Crippen LogP contribution in [0.1, 0.15) is 40.0 Å². The molecule has 2 aliphatic rings. The summed E-state index contributed by atoms with van der Waals surface area (Å²) in [4.78, 5) is 11.7. The Morgan fingerprint density at radius 3 is 2.53 bits per heavy atom. The SMILES string of the molecule is CC(C)(C)C(=O)NC[C@@H]1C[C@H]1C1CCOCC1. The monoisotopic (exact) mass is 239 g/mol. The molecule has 0 spiro atoms. The van der Waals surface area contributed by atoms with Gasteiger partial charge in [-0.15, -0.1) is 0 Å². The van der Waals surface area contributed by atoms with Crippen molar-refractivity contribution in [1.29, 1.82) is 0 Å². The van der Waals surface area contributed by atoms with Gasteiger partial charge in [0, 0.05) is 25.2 Å². The largest absolute Gasteiger partial charge is 0.381 e. The van der Waals surface area contributed by atoms with Crippen molar-refractivity contribution in [3.8, 4) is 0 Å². The summed E-state index contributed by atoms with van der Waals surface area (Å²) in [5, 5.41) is 3.08. The van der Waals surface area contributed by atoms with Gasteiger partial charge >= 0.3 is 0 Å². The molecule has 0 aromatic rings. The molecule has 0 aromatic heterocycles. The number of carbonyl (C=O) groups excluding carboxylic acids is 1. The van der Waals surface area contributed by atoms with Crippen molar-refractivity contribution in [3.05, 3.63) is 0 Å². The Kier molecular flexibility index (Phi) is 3.76. The molecule has 3 nitrogen and oxygen atoms in total. The molecule has 2 rings (SSSR count). The molecule has 0 aromatic carbocycles. The number of hydrogen-bond donors (Lipinski definition) is 1. The molecule has 1 amide bonds. The van der Waals surface area contributed by atoms with E-state index in [1.54, 1.807) is 0 Å². The van der Waals surface area contributed by atoms with Gasteiger partial charge in [0.15, 0.2) is 0 Å². The van der Waals surface area contributed by atoms with Crippen LogP contribution in [0.25, 0.3) is 0 Å². The third-order valence-corrected chi connectivity index (χ3v) is 4.05. The van der Waals surface area contributed by atoms with Crippen LogP contribution >= 0.6 is 0 Å². The van der Waals surface area contributed by atoms with Crippen molar-refractivity contribution in [3.63, 3.8) is 0 Å². The maximum absolute atomic E-state index is 11.7. The molecule has 0 bridgehead atoms. The summed E-state index contributed by atoms with van der Waals surface area (Å²) in [6, 6.07) is 0. The van der Waals surface area contributed by atoms with Crippen molar-refractivity contribution in [2.75, 3.05) is 19.8 Å². The van der Waals surface area contributed by atoms with E-state index < -0.39 is 0 Å². The zero-order valence-corrected chi connectivity index (χ0v) is 11.3. The van der Waals surface area contributed by atoms with Crippen LogP contribution in [-0.4, -0.2) is 25.7 Å². The average molecular weight is 239 g/mol. The van der Waals surface area contributed by atoms with E-state index in [0.29, 0.717) is 0 Å². The number of nitrogens with one attached hydrogen (secondary N) is 1. The summed E-state index contributed by atoms with van der Waals surface area (Å²) in [5.74, 6) is 2.60. The average Bonchev–Trinajstić information content (AvgIpc) is 3.05. The lowest BCUT2D eigenvalue weighted by atomic mass is 9.93. The molecule has 98 valence electrons. The highest BCUT2D eigenvalue weighted by molar-refractivity contribution is 5.81. The lowest BCUT2D eigenvalue weighted by Crippen LogP contribution is -2.36. The molecule has 1 saturated heterocycles.